The monoisotopic (exact) mass is 136 g/mol. The highest BCUT2D eigenvalue weighted by Crippen LogP contribution is 2.07. The smallest absolute Gasteiger partial charge is 0.125 e. The Hall–Kier alpha value is -1.05. The van der Waals surface area contributed by atoms with Gasteiger partial charge in [-0.25, -0.2) is 4.99 Å². The van der Waals surface area contributed by atoms with Gasteiger partial charge in [-0.1, -0.05) is 13.5 Å². The van der Waals surface area contributed by atoms with E-state index in [4.69, 9.17) is 0 Å². The highest BCUT2D eigenvalue weighted by Gasteiger charge is 2.01. The Balaban J connectivity index is 2.53. The maximum atomic E-state index is 4.05. The Labute approximate surface area is 61.6 Å². The van der Waals surface area contributed by atoms with Gasteiger partial charge in [0.05, 0.1) is 0 Å². The molecule has 0 amide bonds. The molecule has 10 heavy (non-hydrogen) atoms. The fraction of sp³-hybridized carbons (Fsp3) is 0.375. The van der Waals surface area contributed by atoms with Crippen molar-refractivity contribution in [2.75, 3.05) is 6.54 Å². The number of hydrogen-bond donors (Lipinski definition) is 0. The molecule has 0 fully saturated rings. The van der Waals surface area contributed by atoms with Gasteiger partial charge in [0.2, 0.25) is 0 Å². The fourth-order valence-electron chi connectivity index (χ4n) is 0.876. The van der Waals surface area contributed by atoms with E-state index in [1.165, 1.54) is 0 Å². The molecule has 2 nitrogen and oxygen atoms in total. The highest BCUT2D eigenvalue weighted by molar-refractivity contribution is 5.73. The van der Waals surface area contributed by atoms with Gasteiger partial charge in [-0.3, -0.25) is 0 Å². The minimum absolute atomic E-state index is 0.837. The van der Waals surface area contributed by atoms with Crippen molar-refractivity contribution in [3.05, 3.63) is 24.7 Å². The quantitative estimate of drug-likeness (QED) is 0.565. The Morgan fingerprint density at radius 2 is 2.50 bits per heavy atom. The average Bonchev–Trinajstić information content (AvgIpc) is 1.94. The van der Waals surface area contributed by atoms with Crippen molar-refractivity contribution in [3.63, 3.8) is 0 Å². The molecule has 0 saturated carbocycles. The molecule has 2 heteroatoms. The molecule has 0 aliphatic carbocycles. The maximum absolute atomic E-state index is 4.05. The lowest BCUT2D eigenvalue weighted by atomic mass is 10.4. The van der Waals surface area contributed by atoms with Gasteiger partial charge >= 0.3 is 0 Å². The third-order valence-corrected chi connectivity index (χ3v) is 1.37. The average molecular weight is 136 g/mol. The second-order valence-corrected chi connectivity index (χ2v) is 2.23. The van der Waals surface area contributed by atoms with E-state index in [0.29, 0.717) is 0 Å². The van der Waals surface area contributed by atoms with Gasteiger partial charge in [0.15, 0.2) is 0 Å². The van der Waals surface area contributed by atoms with E-state index in [0.717, 1.165) is 18.8 Å². The fourth-order valence-corrected chi connectivity index (χ4v) is 0.876. The Morgan fingerprint density at radius 3 is 3.10 bits per heavy atom. The van der Waals surface area contributed by atoms with Crippen LogP contribution in [0.15, 0.2) is 29.7 Å². The SMILES string of the molecule is C=C1N=CC=CN1CCC. The second-order valence-electron chi connectivity index (χ2n) is 2.23. The first kappa shape index (κ1) is 7.06. The van der Waals surface area contributed by atoms with Crippen LogP contribution >= 0.6 is 0 Å². The van der Waals surface area contributed by atoms with Crippen molar-refractivity contribution < 1.29 is 0 Å². The van der Waals surface area contributed by atoms with Gasteiger partial charge in [0.1, 0.15) is 5.82 Å². The number of nitrogens with zero attached hydrogens (tertiary/aromatic N) is 2. The number of aliphatic imine (C=N–C) groups is 1. The summed E-state index contributed by atoms with van der Waals surface area (Å²) < 4.78 is 0. The summed E-state index contributed by atoms with van der Waals surface area (Å²) in [4.78, 5) is 6.09. The van der Waals surface area contributed by atoms with Crippen molar-refractivity contribution in [1.82, 2.24) is 4.90 Å². The Bertz CT molecular complexity index is 180. The molecular weight excluding hydrogens is 124 g/mol. The van der Waals surface area contributed by atoms with Gasteiger partial charge in [-0.15, -0.1) is 0 Å². The van der Waals surface area contributed by atoms with Gasteiger partial charge in [-0.2, -0.15) is 0 Å². The third-order valence-electron chi connectivity index (χ3n) is 1.37. The molecule has 0 aromatic heterocycles. The van der Waals surface area contributed by atoms with Crippen molar-refractivity contribution in [3.8, 4) is 0 Å². The first-order valence-electron chi connectivity index (χ1n) is 3.51. The van der Waals surface area contributed by atoms with Gasteiger partial charge in [-0.05, 0) is 12.5 Å². The molecule has 0 aromatic rings. The lowest BCUT2D eigenvalue weighted by Gasteiger charge is -2.20. The normalized spacial score (nSPS) is 16.5. The topological polar surface area (TPSA) is 15.6 Å². The zero-order chi connectivity index (χ0) is 7.40. The van der Waals surface area contributed by atoms with Gasteiger partial charge < -0.3 is 4.90 Å². The van der Waals surface area contributed by atoms with Crippen LogP contribution in [-0.4, -0.2) is 17.7 Å². The zero-order valence-electron chi connectivity index (χ0n) is 6.25. The lowest BCUT2D eigenvalue weighted by Crippen LogP contribution is -2.17. The van der Waals surface area contributed by atoms with Crippen LogP contribution in [0.3, 0.4) is 0 Å². The lowest BCUT2D eigenvalue weighted by molar-refractivity contribution is 0.457. The summed E-state index contributed by atoms with van der Waals surface area (Å²) in [5, 5.41) is 0. The summed E-state index contributed by atoms with van der Waals surface area (Å²) in [7, 11) is 0. The predicted molar refractivity (Wildman–Crippen MR) is 43.8 cm³/mol. The standard InChI is InChI=1S/C8H12N2/c1-3-6-10-7-4-5-9-8(10)2/h4-5,7H,2-3,6H2,1H3. The number of hydrogen-bond acceptors (Lipinski definition) is 2. The molecule has 1 heterocycles. The molecule has 0 radical (unpaired) electrons. The molecule has 1 aliphatic rings. The van der Waals surface area contributed by atoms with Crippen LogP contribution in [0.25, 0.3) is 0 Å². The van der Waals surface area contributed by atoms with E-state index in [1.807, 2.05) is 17.2 Å². The zero-order valence-corrected chi connectivity index (χ0v) is 6.25. The summed E-state index contributed by atoms with van der Waals surface area (Å²) in [6, 6.07) is 0. The van der Waals surface area contributed by atoms with Crippen molar-refractivity contribution in [1.29, 1.82) is 0 Å². The van der Waals surface area contributed by atoms with Crippen LogP contribution < -0.4 is 0 Å². The molecule has 0 spiro atoms. The first-order valence-corrected chi connectivity index (χ1v) is 3.51. The minimum atomic E-state index is 0.837. The van der Waals surface area contributed by atoms with Gasteiger partial charge in [0, 0.05) is 19.0 Å². The van der Waals surface area contributed by atoms with Gasteiger partial charge in [0.25, 0.3) is 0 Å². The second kappa shape index (κ2) is 3.20. The summed E-state index contributed by atoms with van der Waals surface area (Å²) in [5.74, 6) is 0.837. The molecule has 0 atom stereocenters. The van der Waals surface area contributed by atoms with E-state index >= 15 is 0 Å². The van der Waals surface area contributed by atoms with E-state index < -0.39 is 0 Å². The minimum Gasteiger partial charge on any atom is -0.333 e. The first-order chi connectivity index (χ1) is 4.84. The van der Waals surface area contributed by atoms with E-state index in [2.05, 4.69) is 18.5 Å². The summed E-state index contributed by atoms with van der Waals surface area (Å²) in [5.41, 5.74) is 0. The van der Waals surface area contributed by atoms with Crippen molar-refractivity contribution in [2.45, 2.75) is 13.3 Å². The van der Waals surface area contributed by atoms with Crippen LogP contribution in [0.5, 0.6) is 0 Å². The summed E-state index contributed by atoms with van der Waals surface area (Å²) in [6.07, 6.45) is 6.80. The van der Waals surface area contributed by atoms with Crippen LogP contribution in [0.4, 0.5) is 0 Å². The van der Waals surface area contributed by atoms with Crippen molar-refractivity contribution >= 4 is 6.21 Å². The summed E-state index contributed by atoms with van der Waals surface area (Å²) in [6.45, 7) is 6.94. The van der Waals surface area contributed by atoms with Crippen LogP contribution in [0, 0.1) is 0 Å². The molecule has 0 N–H and O–H groups in total. The molecule has 54 valence electrons. The van der Waals surface area contributed by atoms with E-state index in [-0.39, 0.29) is 0 Å². The largest absolute Gasteiger partial charge is 0.333 e. The molecule has 0 bridgehead atoms. The Morgan fingerprint density at radius 1 is 1.70 bits per heavy atom. The molecule has 0 aromatic carbocycles. The van der Waals surface area contributed by atoms with Crippen LogP contribution in [0.2, 0.25) is 0 Å². The molecule has 0 unspecified atom stereocenters. The van der Waals surface area contributed by atoms with Crippen LogP contribution in [0.1, 0.15) is 13.3 Å². The van der Waals surface area contributed by atoms with E-state index in [9.17, 15) is 0 Å². The molecular formula is C8H12N2. The van der Waals surface area contributed by atoms with E-state index in [1.54, 1.807) is 6.21 Å². The number of rotatable bonds is 2. The van der Waals surface area contributed by atoms with Crippen LogP contribution in [-0.2, 0) is 0 Å². The number of allylic oxidation sites excluding steroid dienone is 1. The predicted octanol–water partition coefficient (Wildman–Crippen LogP) is 1.77. The molecule has 1 aliphatic heterocycles. The summed E-state index contributed by atoms with van der Waals surface area (Å²) >= 11 is 0. The maximum Gasteiger partial charge on any atom is 0.125 e. The third kappa shape index (κ3) is 1.47. The molecule has 0 saturated heterocycles. The highest BCUT2D eigenvalue weighted by atomic mass is 15.2. The molecule has 1 rings (SSSR count). The Kier molecular flexibility index (Phi) is 2.26. The van der Waals surface area contributed by atoms with Crippen molar-refractivity contribution in [2.24, 2.45) is 4.99 Å².